The van der Waals surface area contributed by atoms with Gasteiger partial charge in [-0.25, -0.2) is 13.4 Å². The Balaban J connectivity index is 1.64. The number of benzene rings is 3. The third kappa shape index (κ3) is 3.80. The second-order valence-electron chi connectivity index (χ2n) is 5.78. The summed E-state index contributed by atoms with van der Waals surface area (Å²) in [5.41, 5.74) is 1.27. The van der Waals surface area contributed by atoms with E-state index >= 15 is 0 Å². The maximum atomic E-state index is 12.7. The van der Waals surface area contributed by atoms with Crippen molar-refractivity contribution in [2.75, 3.05) is 4.72 Å². The first-order valence-corrected chi connectivity index (χ1v) is 11.0. The molecule has 0 aliphatic carbocycles. The molecule has 136 valence electrons. The van der Waals surface area contributed by atoms with E-state index in [1.54, 1.807) is 41.8 Å². The van der Waals surface area contributed by atoms with Crippen LogP contribution in [0.5, 0.6) is 0 Å². The molecule has 0 bridgehead atoms. The summed E-state index contributed by atoms with van der Waals surface area (Å²) >= 11 is 13.3. The molecular weight excluding hydrogens is 423 g/mol. The minimum atomic E-state index is -3.75. The van der Waals surface area contributed by atoms with Crippen molar-refractivity contribution >= 4 is 60.5 Å². The quantitative estimate of drug-likeness (QED) is 0.423. The summed E-state index contributed by atoms with van der Waals surface area (Å²) in [6.07, 6.45) is 0. The number of thiazole rings is 1. The highest BCUT2D eigenvalue weighted by Gasteiger charge is 2.17. The molecule has 1 N–H and O–H groups in total. The summed E-state index contributed by atoms with van der Waals surface area (Å²) in [6.45, 7) is 0. The average molecular weight is 435 g/mol. The van der Waals surface area contributed by atoms with Crippen molar-refractivity contribution in [1.29, 1.82) is 0 Å². The number of fused-ring (bicyclic) bond motifs is 1. The van der Waals surface area contributed by atoms with Crippen LogP contribution in [-0.4, -0.2) is 13.4 Å². The predicted octanol–water partition coefficient (Wildman–Crippen LogP) is 6.07. The van der Waals surface area contributed by atoms with E-state index in [9.17, 15) is 8.42 Å². The van der Waals surface area contributed by atoms with Gasteiger partial charge in [-0.05, 0) is 41.1 Å². The van der Waals surface area contributed by atoms with E-state index in [0.717, 1.165) is 10.8 Å². The van der Waals surface area contributed by atoms with Gasteiger partial charge in [0.15, 0.2) is 5.13 Å². The zero-order valence-corrected chi connectivity index (χ0v) is 16.8. The van der Waals surface area contributed by atoms with Gasteiger partial charge in [0.1, 0.15) is 0 Å². The van der Waals surface area contributed by atoms with Gasteiger partial charge in [-0.3, -0.25) is 4.72 Å². The number of hydrogen-bond donors (Lipinski definition) is 1. The van der Waals surface area contributed by atoms with Crippen molar-refractivity contribution in [2.24, 2.45) is 0 Å². The minimum absolute atomic E-state index is 0.183. The molecule has 3 aromatic carbocycles. The molecule has 1 heterocycles. The van der Waals surface area contributed by atoms with Crippen LogP contribution in [0.3, 0.4) is 0 Å². The van der Waals surface area contributed by atoms with Crippen LogP contribution in [0.4, 0.5) is 5.13 Å². The van der Waals surface area contributed by atoms with Crippen molar-refractivity contribution < 1.29 is 8.42 Å². The molecule has 8 heteroatoms. The van der Waals surface area contributed by atoms with E-state index in [-0.39, 0.29) is 10.0 Å². The molecule has 1 aromatic heterocycles. The van der Waals surface area contributed by atoms with Crippen molar-refractivity contribution in [3.63, 3.8) is 0 Å². The van der Waals surface area contributed by atoms with E-state index in [4.69, 9.17) is 23.2 Å². The lowest BCUT2D eigenvalue weighted by molar-refractivity contribution is 0.601. The molecule has 0 aliphatic rings. The lowest BCUT2D eigenvalue weighted by Crippen LogP contribution is -2.12. The standard InChI is InChI=1S/C19H12Cl2N2O2S2/c20-14-6-8-16(17(21)10-14)18-11-26-19(22-18)23-27(24,25)15-7-5-12-3-1-2-4-13(12)9-15/h1-11H,(H,22,23). The molecule has 27 heavy (non-hydrogen) atoms. The Morgan fingerprint density at radius 2 is 1.70 bits per heavy atom. The van der Waals surface area contributed by atoms with E-state index in [1.807, 2.05) is 24.3 Å². The van der Waals surface area contributed by atoms with Gasteiger partial charge in [-0.2, -0.15) is 0 Å². The number of hydrogen-bond acceptors (Lipinski definition) is 4. The second-order valence-corrected chi connectivity index (χ2v) is 9.16. The maximum Gasteiger partial charge on any atom is 0.263 e. The van der Waals surface area contributed by atoms with Gasteiger partial charge in [0.2, 0.25) is 0 Å². The normalized spacial score (nSPS) is 11.6. The van der Waals surface area contributed by atoms with Crippen LogP contribution in [-0.2, 0) is 10.0 Å². The number of halogens is 2. The number of nitrogens with one attached hydrogen (secondary N) is 1. The first-order valence-electron chi connectivity index (χ1n) is 7.85. The number of rotatable bonds is 4. The molecule has 4 aromatic rings. The number of nitrogens with zero attached hydrogens (tertiary/aromatic N) is 1. The summed E-state index contributed by atoms with van der Waals surface area (Å²) in [4.78, 5) is 4.53. The molecule has 0 spiro atoms. The van der Waals surface area contributed by atoms with Crippen LogP contribution >= 0.6 is 34.5 Å². The summed E-state index contributed by atoms with van der Waals surface area (Å²) in [5.74, 6) is 0. The zero-order valence-electron chi connectivity index (χ0n) is 13.7. The van der Waals surface area contributed by atoms with Crippen molar-refractivity contribution in [2.45, 2.75) is 4.90 Å². The third-order valence-electron chi connectivity index (χ3n) is 3.96. The van der Waals surface area contributed by atoms with Crippen LogP contribution in [0.1, 0.15) is 0 Å². The number of sulfonamides is 1. The van der Waals surface area contributed by atoms with Crippen LogP contribution in [0.2, 0.25) is 10.0 Å². The first-order chi connectivity index (χ1) is 12.9. The first kappa shape index (κ1) is 18.3. The molecule has 4 rings (SSSR count). The molecule has 4 nitrogen and oxygen atoms in total. The Morgan fingerprint density at radius 1 is 0.926 bits per heavy atom. The molecule has 0 radical (unpaired) electrons. The highest BCUT2D eigenvalue weighted by Crippen LogP contribution is 2.33. The summed E-state index contributed by atoms with van der Waals surface area (Å²) in [6, 6.07) is 17.7. The Hall–Kier alpha value is -2.12. The fourth-order valence-electron chi connectivity index (χ4n) is 2.65. The molecule has 0 unspecified atom stereocenters. The molecule has 0 aliphatic heterocycles. The van der Waals surface area contributed by atoms with E-state index in [1.165, 1.54) is 11.3 Å². The smallest absolute Gasteiger partial charge is 0.255 e. The lowest BCUT2D eigenvalue weighted by atomic mass is 10.1. The molecule has 0 amide bonds. The van der Waals surface area contributed by atoms with Crippen LogP contribution in [0, 0.1) is 0 Å². The molecule has 0 atom stereocenters. The van der Waals surface area contributed by atoms with E-state index < -0.39 is 10.0 Å². The van der Waals surface area contributed by atoms with E-state index in [0.29, 0.717) is 21.3 Å². The van der Waals surface area contributed by atoms with Gasteiger partial charge in [-0.1, -0.05) is 53.5 Å². The molecule has 0 saturated heterocycles. The van der Waals surface area contributed by atoms with Gasteiger partial charge in [0.25, 0.3) is 10.0 Å². The van der Waals surface area contributed by atoms with Gasteiger partial charge in [0, 0.05) is 16.0 Å². The van der Waals surface area contributed by atoms with Crippen LogP contribution < -0.4 is 4.72 Å². The number of aromatic nitrogens is 1. The number of anilines is 1. The Bertz CT molecular complexity index is 1250. The van der Waals surface area contributed by atoms with Gasteiger partial charge < -0.3 is 0 Å². The van der Waals surface area contributed by atoms with Crippen LogP contribution in [0.15, 0.2) is 70.9 Å². The van der Waals surface area contributed by atoms with Gasteiger partial charge in [0.05, 0.1) is 15.6 Å². The van der Waals surface area contributed by atoms with Gasteiger partial charge in [-0.15, -0.1) is 11.3 Å². The van der Waals surface area contributed by atoms with Gasteiger partial charge >= 0.3 is 0 Å². The summed E-state index contributed by atoms with van der Waals surface area (Å²) in [5, 5.41) is 4.82. The monoisotopic (exact) mass is 434 g/mol. The van der Waals surface area contributed by atoms with E-state index in [2.05, 4.69) is 9.71 Å². The highest BCUT2D eigenvalue weighted by molar-refractivity contribution is 7.93. The largest absolute Gasteiger partial charge is 0.263 e. The zero-order chi connectivity index (χ0) is 19.0. The summed E-state index contributed by atoms with van der Waals surface area (Å²) in [7, 11) is -3.75. The topological polar surface area (TPSA) is 59.1 Å². The summed E-state index contributed by atoms with van der Waals surface area (Å²) < 4.78 is 28.0. The molecular formula is C19H12Cl2N2O2S2. The minimum Gasteiger partial charge on any atom is -0.255 e. The Kier molecular flexibility index (Phi) is 4.82. The Morgan fingerprint density at radius 3 is 2.48 bits per heavy atom. The van der Waals surface area contributed by atoms with Crippen molar-refractivity contribution in [3.05, 3.63) is 76.1 Å². The average Bonchev–Trinajstić information content (AvgIpc) is 3.08. The fourth-order valence-corrected chi connectivity index (χ4v) is 5.15. The molecule has 0 saturated carbocycles. The third-order valence-corrected chi connectivity index (χ3v) is 6.74. The van der Waals surface area contributed by atoms with Crippen molar-refractivity contribution in [1.82, 2.24) is 4.98 Å². The lowest BCUT2D eigenvalue weighted by Gasteiger charge is -2.06. The fraction of sp³-hybridized carbons (Fsp3) is 0. The predicted molar refractivity (Wildman–Crippen MR) is 112 cm³/mol. The SMILES string of the molecule is O=S(=O)(Nc1nc(-c2ccc(Cl)cc2Cl)cs1)c1ccc2ccccc2c1. The van der Waals surface area contributed by atoms with Crippen molar-refractivity contribution in [3.8, 4) is 11.3 Å². The molecule has 0 fully saturated rings. The highest BCUT2D eigenvalue weighted by atomic mass is 35.5. The van der Waals surface area contributed by atoms with Crippen LogP contribution in [0.25, 0.3) is 22.0 Å². The second kappa shape index (κ2) is 7.13. The Labute approximate surface area is 170 Å². The maximum absolute atomic E-state index is 12.7.